The Morgan fingerprint density at radius 1 is 1.75 bits per heavy atom. The molecule has 0 rings (SSSR count). The summed E-state index contributed by atoms with van der Waals surface area (Å²) in [5.41, 5.74) is 0. The zero-order valence-corrected chi connectivity index (χ0v) is 7.71. The van der Waals surface area contributed by atoms with Gasteiger partial charge < -0.3 is 0 Å². The van der Waals surface area contributed by atoms with E-state index >= 15 is 0 Å². The van der Waals surface area contributed by atoms with E-state index in [-0.39, 0.29) is 29.6 Å². The van der Waals surface area contributed by atoms with Crippen LogP contribution in [0.1, 0.15) is 6.92 Å². The first kappa shape index (κ1) is 9.11. The van der Waals surface area contributed by atoms with Crippen molar-refractivity contribution >= 4 is 45.8 Å². The van der Waals surface area contributed by atoms with Gasteiger partial charge in [-0.05, 0) is 0 Å². The average Bonchev–Trinajstić information content (AvgIpc) is 0.918. The van der Waals surface area contributed by atoms with Crippen molar-refractivity contribution in [2.45, 2.75) is 12.2 Å². The van der Waals surface area contributed by atoms with Crippen LogP contribution < -0.4 is 0 Å². The van der Waals surface area contributed by atoms with E-state index in [1.165, 1.54) is 21.6 Å². The predicted octanol–water partition coefficient (Wildman–Crippen LogP) is -0.323. The fourth-order valence-electron chi connectivity index (χ4n) is 0. The number of hydrogen-bond acceptors (Lipinski definition) is 0. The quantitative estimate of drug-likeness (QED) is 0.350. The van der Waals surface area contributed by atoms with Gasteiger partial charge in [-0.25, -0.2) is 0 Å². The van der Waals surface area contributed by atoms with Crippen LogP contribution in [0.2, 0.25) is 5.28 Å². The van der Waals surface area contributed by atoms with Gasteiger partial charge in [0, 0.05) is 29.6 Å². The largest absolute Gasteiger partial charge is 0.211 e. The van der Waals surface area contributed by atoms with Crippen LogP contribution in [0.4, 0.5) is 0 Å². The van der Waals surface area contributed by atoms with Crippen LogP contribution in [-0.4, -0.2) is 45.8 Å². The molecule has 0 nitrogen and oxygen atoms in total. The second-order valence-electron chi connectivity index (χ2n) is 0.707. The molecular formula is C2H7AlNa. The molecule has 0 aliphatic carbocycles. The maximum absolute atomic E-state index is 2.19. The molecule has 0 saturated heterocycles. The van der Waals surface area contributed by atoms with Crippen LogP contribution in [-0.2, 0) is 0 Å². The van der Waals surface area contributed by atoms with E-state index in [4.69, 9.17) is 0 Å². The minimum Gasteiger partial charge on any atom is -0.104 e. The van der Waals surface area contributed by atoms with E-state index in [9.17, 15) is 0 Å². The Balaban J connectivity index is 0. The van der Waals surface area contributed by atoms with Gasteiger partial charge in [-0.3, -0.25) is 0 Å². The van der Waals surface area contributed by atoms with Crippen LogP contribution >= 0.6 is 0 Å². The van der Waals surface area contributed by atoms with Crippen LogP contribution in [0.3, 0.4) is 0 Å². The van der Waals surface area contributed by atoms with Gasteiger partial charge in [0.1, 0.15) is 0 Å². The number of rotatable bonds is 0. The van der Waals surface area contributed by atoms with Crippen molar-refractivity contribution in [3.8, 4) is 0 Å². The molecule has 0 fully saturated rings. The molecule has 2 heteroatoms. The third kappa shape index (κ3) is 9.65. The molecule has 0 atom stereocenters. The summed E-state index contributed by atoms with van der Waals surface area (Å²) in [5.74, 6) is 0. The first-order chi connectivity index (χ1) is 1.41. The molecule has 0 saturated carbocycles. The molecule has 0 heterocycles. The van der Waals surface area contributed by atoms with Gasteiger partial charge in [0.25, 0.3) is 0 Å². The Morgan fingerprint density at radius 3 is 1.75 bits per heavy atom. The van der Waals surface area contributed by atoms with Crippen molar-refractivity contribution in [1.29, 1.82) is 0 Å². The monoisotopic (exact) mass is 81.0 g/mol. The second-order valence-corrected chi connectivity index (χ2v) is 2.12. The molecule has 0 aliphatic rings. The molecule has 0 amide bonds. The molecule has 19 valence electrons. The maximum atomic E-state index is 2.19. The molecule has 0 bridgehead atoms. The van der Waals surface area contributed by atoms with Gasteiger partial charge in [0.05, 0.1) is 0 Å². The molecule has 0 aromatic carbocycles. The summed E-state index contributed by atoms with van der Waals surface area (Å²) < 4.78 is 0. The molecule has 0 aromatic heterocycles. The van der Waals surface area contributed by atoms with Crippen LogP contribution in [0, 0.1) is 0 Å². The Bertz CT molecular complexity index is 6.00. The molecule has 4 heavy (non-hydrogen) atoms. The van der Waals surface area contributed by atoms with Crippen molar-refractivity contribution in [3.63, 3.8) is 0 Å². The Morgan fingerprint density at radius 2 is 1.75 bits per heavy atom. The SMILES string of the molecule is C[CH2][AlH2].[Na]. The third-order valence-electron chi connectivity index (χ3n) is 0. The summed E-state index contributed by atoms with van der Waals surface area (Å²) in [4.78, 5) is 0. The van der Waals surface area contributed by atoms with Crippen LogP contribution in [0.15, 0.2) is 0 Å². The molecule has 0 spiro atoms. The summed E-state index contributed by atoms with van der Waals surface area (Å²) in [7, 11) is 0. The van der Waals surface area contributed by atoms with Crippen molar-refractivity contribution < 1.29 is 0 Å². The predicted molar refractivity (Wildman–Crippen MR) is 24.8 cm³/mol. The van der Waals surface area contributed by atoms with Gasteiger partial charge in [0.15, 0.2) is 0 Å². The van der Waals surface area contributed by atoms with Crippen molar-refractivity contribution in [2.75, 3.05) is 0 Å². The first-order valence-electron chi connectivity index (χ1n) is 1.41. The summed E-state index contributed by atoms with van der Waals surface area (Å²) in [5, 5.41) is 1.39. The minimum absolute atomic E-state index is 0. The standard InChI is InChI=1S/C2H5.Al.Na.2H/c1-2;;;;/h1H2,2H3;;;;. The van der Waals surface area contributed by atoms with Gasteiger partial charge >= 0.3 is 0 Å². The average molecular weight is 81.0 g/mol. The smallest absolute Gasteiger partial charge is 0.104 e. The van der Waals surface area contributed by atoms with Crippen molar-refractivity contribution in [3.05, 3.63) is 0 Å². The van der Waals surface area contributed by atoms with E-state index in [1.54, 1.807) is 0 Å². The number of hydrogen-bond donors (Lipinski definition) is 0. The zero-order valence-electron chi connectivity index (χ0n) is 3.71. The van der Waals surface area contributed by atoms with Crippen LogP contribution in [0.25, 0.3) is 0 Å². The summed E-state index contributed by atoms with van der Waals surface area (Å²) >= 11 is 1.37. The zero-order chi connectivity index (χ0) is 2.71. The minimum atomic E-state index is 0. The van der Waals surface area contributed by atoms with Gasteiger partial charge in [0.2, 0.25) is 16.3 Å². The van der Waals surface area contributed by atoms with E-state index in [0.29, 0.717) is 0 Å². The van der Waals surface area contributed by atoms with Gasteiger partial charge in [-0.2, -0.15) is 0 Å². The first-order valence-corrected chi connectivity index (χ1v) is 2.83. The summed E-state index contributed by atoms with van der Waals surface area (Å²) in [6.07, 6.45) is 0. The third-order valence-corrected chi connectivity index (χ3v) is 0. The second kappa shape index (κ2) is 8.82. The molecule has 0 aromatic rings. The molecule has 0 aliphatic heterocycles. The molecular weight excluding hydrogens is 74.0 g/mol. The Hall–Kier alpha value is 1.53. The normalized spacial score (nSPS) is 4.25. The van der Waals surface area contributed by atoms with Crippen LogP contribution in [0.5, 0.6) is 0 Å². The van der Waals surface area contributed by atoms with E-state index in [0.717, 1.165) is 0 Å². The van der Waals surface area contributed by atoms with Crippen molar-refractivity contribution in [2.24, 2.45) is 0 Å². The fourth-order valence-corrected chi connectivity index (χ4v) is 0. The molecule has 0 unspecified atom stereocenters. The van der Waals surface area contributed by atoms with Crippen molar-refractivity contribution in [1.82, 2.24) is 0 Å². The summed E-state index contributed by atoms with van der Waals surface area (Å²) in [6.45, 7) is 2.19. The Labute approximate surface area is 57.7 Å². The van der Waals surface area contributed by atoms with E-state index in [2.05, 4.69) is 6.92 Å². The van der Waals surface area contributed by atoms with E-state index in [1.807, 2.05) is 0 Å². The van der Waals surface area contributed by atoms with E-state index < -0.39 is 0 Å². The molecule has 1 radical (unpaired) electrons. The maximum Gasteiger partial charge on any atom is 0.211 e. The van der Waals surface area contributed by atoms with Gasteiger partial charge in [-0.15, -0.1) is 5.28 Å². The Kier molecular flexibility index (Phi) is 20.1. The molecule has 0 N–H and O–H groups in total. The topological polar surface area (TPSA) is 0 Å². The summed E-state index contributed by atoms with van der Waals surface area (Å²) in [6, 6.07) is 0. The fraction of sp³-hybridized carbons (Fsp3) is 1.00. The van der Waals surface area contributed by atoms with Gasteiger partial charge in [-0.1, -0.05) is 6.92 Å².